The minimum absolute atomic E-state index is 0.216. The molecule has 2 nitrogen and oxygen atoms in total. The van der Waals surface area contributed by atoms with E-state index in [1.54, 1.807) is 6.92 Å². The third-order valence-electron chi connectivity index (χ3n) is 1.14. The predicted molar refractivity (Wildman–Crippen MR) is 45.6 cm³/mol. The zero-order valence-corrected chi connectivity index (χ0v) is 8.61. The Morgan fingerprint density at radius 3 is 2.30 bits per heavy atom. The molecule has 0 bridgehead atoms. The van der Waals surface area contributed by atoms with Gasteiger partial charge in [0.1, 0.15) is 3.23 Å². The molecule has 0 saturated heterocycles. The van der Waals surface area contributed by atoms with E-state index in [1.165, 1.54) is 0 Å². The second-order valence-corrected chi connectivity index (χ2v) is 5.84. The van der Waals surface area contributed by atoms with Crippen molar-refractivity contribution in [2.24, 2.45) is 5.92 Å². The minimum Gasteiger partial charge on any atom is -0.198 e. The lowest BCUT2D eigenvalue weighted by Gasteiger charge is -2.18. The van der Waals surface area contributed by atoms with Gasteiger partial charge in [0.05, 0.1) is 24.5 Å². The first-order chi connectivity index (χ1) is 4.54. The summed E-state index contributed by atoms with van der Waals surface area (Å²) in [5.41, 5.74) is 0. The Bertz CT molecular complexity index is 187. The van der Waals surface area contributed by atoms with Gasteiger partial charge in [-0.15, -0.1) is 0 Å². The molecule has 0 aliphatic carbocycles. The van der Waals surface area contributed by atoms with Gasteiger partial charge in [-0.05, 0) is 6.92 Å². The Morgan fingerprint density at radius 1 is 1.50 bits per heavy atom. The minimum atomic E-state index is -0.538. The van der Waals surface area contributed by atoms with E-state index in [4.69, 9.17) is 10.5 Å². The second kappa shape index (κ2) is 3.95. The van der Waals surface area contributed by atoms with Crippen LogP contribution in [0.3, 0.4) is 0 Å². The summed E-state index contributed by atoms with van der Waals surface area (Å²) in [5, 5.41) is 16.8. The highest BCUT2D eigenvalue weighted by Crippen LogP contribution is 2.37. The second-order valence-electron chi connectivity index (χ2n) is 1.95. The molecule has 0 fully saturated rings. The van der Waals surface area contributed by atoms with Crippen LogP contribution in [0.2, 0.25) is 0 Å². The zero-order valence-electron chi connectivity index (χ0n) is 5.43. The average Bonchev–Trinajstić information content (AvgIpc) is 1.86. The van der Waals surface area contributed by atoms with Crippen molar-refractivity contribution in [3.05, 3.63) is 0 Å². The molecule has 0 aliphatic heterocycles. The van der Waals surface area contributed by atoms with Gasteiger partial charge >= 0.3 is 0 Å². The first kappa shape index (κ1) is 9.94. The average molecular weight is 266 g/mol. The summed E-state index contributed by atoms with van der Waals surface area (Å²) in [6.45, 7) is 1.75. The Labute approximate surface area is 77.1 Å². The first-order valence-corrected chi connectivity index (χ1v) is 4.27. The van der Waals surface area contributed by atoms with E-state index in [1.807, 2.05) is 12.1 Å². The monoisotopic (exact) mass is 264 g/mol. The standard InChI is InChI=1S/C6H6Br2N2/c1-5(4-10)6(7,8)2-3-9/h5H,2H2,1H3. The number of alkyl halides is 2. The van der Waals surface area contributed by atoms with E-state index >= 15 is 0 Å². The molecule has 1 unspecified atom stereocenters. The van der Waals surface area contributed by atoms with Crippen LogP contribution in [0.25, 0.3) is 0 Å². The van der Waals surface area contributed by atoms with Crippen LogP contribution in [-0.2, 0) is 0 Å². The van der Waals surface area contributed by atoms with Gasteiger partial charge in [-0.25, -0.2) is 0 Å². The van der Waals surface area contributed by atoms with Crippen molar-refractivity contribution in [1.29, 1.82) is 10.5 Å². The smallest absolute Gasteiger partial charge is 0.109 e. The molecule has 0 radical (unpaired) electrons. The summed E-state index contributed by atoms with van der Waals surface area (Å²) in [6, 6.07) is 4.02. The van der Waals surface area contributed by atoms with Crippen LogP contribution in [0.1, 0.15) is 13.3 Å². The van der Waals surface area contributed by atoms with Crippen LogP contribution in [0.5, 0.6) is 0 Å². The molecule has 0 heterocycles. The quantitative estimate of drug-likeness (QED) is 0.721. The number of halogens is 2. The summed E-state index contributed by atoms with van der Waals surface area (Å²) < 4.78 is -0.538. The molecular weight excluding hydrogens is 260 g/mol. The summed E-state index contributed by atoms with van der Waals surface area (Å²) in [7, 11) is 0. The highest BCUT2D eigenvalue weighted by molar-refractivity contribution is 9.25. The predicted octanol–water partition coefficient (Wildman–Crippen LogP) is 2.55. The first-order valence-electron chi connectivity index (χ1n) is 2.69. The largest absolute Gasteiger partial charge is 0.198 e. The molecule has 0 amide bonds. The molecular formula is C6H6Br2N2. The van der Waals surface area contributed by atoms with Crippen molar-refractivity contribution in [3.8, 4) is 12.1 Å². The molecule has 54 valence electrons. The van der Waals surface area contributed by atoms with Crippen molar-refractivity contribution in [3.63, 3.8) is 0 Å². The molecule has 4 heteroatoms. The highest BCUT2D eigenvalue weighted by Gasteiger charge is 2.29. The topological polar surface area (TPSA) is 47.6 Å². The molecule has 0 N–H and O–H groups in total. The molecule has 10 heavy (non-hydrogen) atoms. The van der Waals surface area contributed by atoms with E-state index < -0.39 is 3.23 Å². The van der Waals surface area contributed by atoms with Crippen LogP contribution in [-0.4, -0.2) is 3.23 Å². The maximum absolute atomic E-state index is 8.48. The Morgan fingerprint density at radius 2 is 2.00 bits per heavy atom. The van der Waals surface area contributed by atoms with Gasteiger partial charge < -0.3 is 0 Å². The van der Waals surface area contributed by atoms with Crippen LogP contribution >= 0.6 is 31.9 Å². The fourth-order valence-corrected chi connectivity index (χ4v) is 0.808. The zero-order chi connectivity index (χ0) is 8.20. The van der Waals surface area contributed by atoms with E-state index in [0.717, 1.165) is 0 Å². The van der Waals surface area contributed by atoms with E-state index in [0.29, 0.717) is 0 Å². The van der Waals surface area contributed by atoms with E-state index in [-0.39, 0.29) is 12.3 Å². The summed E-state index contributed by atoms with van der Waals surface area (Å²) in [6.07, 6.45) is 0.279. The van der Waals surface area contributed by atoms with E-state index in [2.05, 4.69) is 31.9 Å². The molecule has 0 aromatic heterocycles. The van der Waals surface area contributed by atoms with Gasteiger partial charge in [0.15, 0.2) is 0 Å². The maximum Gasteiger partial charge on any atom is 0.109 e. The van der Waals surface area contributed by atoms with Gasteiger partial charge in [-0.1, -0.05) is 31.9 Å². The van der Waals surface area contributed by atoms with Gasteiger partial charge in [0.2, 0.25) is 0 Å². The van der Waals surface area contributed by atoms with Crippen molar-refractivity contribution < 1.29 is 0 Å². The van der Waals surface area contributed by atoms with Gasteiger partial charge in [-0.2, -0.15) is 10.5 Å². The van der Waals surface area contributed by atoms with Crippen molar-refractivity contribution in [2.45, 2.75) is 16.6 Å². The third kappa shape index (κ3) is 2.68. The molecule has 0 saturated carbocycles. The van der Waals surface area contributed by atoms with Crippen molar-refractivity contribution in [1.82, 2.24) is 0 Å². The summed E-state index contributed by atoms with van der Waals surface area (Å²) in [4.78, 5) is 0. The SMILES string of the molecule is CC(C#N)C(Br)(Br)CC#N. The lowest BCUT2D eigenvalue weighted by atomic mass is 10.1. The Hall–Kier alpha value is -0.0600. The fraction of sp³-hybridized carbons (Fsp3) is 0.667. The number of hydrogen-bond donors (Lipinski definition) is 0. The maximum atomic E-state index is 8.48. The summed E-state index contributed by atoms with van der Waals surface area (Å²) in [5.74, 6) is -0.216. The van der Waals surface area contributed by atoms with Gasteiger partial charge in [-0.3, -0.25) is 0 Å². The van der Waals surface area contributed by atoms with Crippen LogP contribution in [0, 0.1) is 28.6 Å². The van der Waals surface area contributed by atoms with Crippen molar-refractivity contribution >= 4 is 31.9 Å². The van der Waals surface area contributed by atoms with Crippen LogP contribution < -0.4 is 0 Å². The molecule has 0 aliphatic rings. The molecule has 0 spiro atoms. The number of nitriles is 2. The lowest BCUT2D eigenvalue weighted by molar-refractivity contribution is 0.671. The molecule has 1 atom stereocenters. The van der Waals surface area contributed by atoms with Gasteiger partial charge in [0.25, 0.3) is 0 Å². The molecule has 0 rings (SSSR count). The fourth-order valence-electron chi connectivity index (χ4n) is 0.353. The van der Waals surface area contributed by atoms with E-state index in [9.17, 15) is 0 Å². The van der Waals surface area contributed by atoms with Crippen LogP contribution in [0.4, 0.5) is 0 Å². The Kier molecular flexibility index (Phi) is 3.93. The molecule has 0 aromatic rings. The number of nitrogens with zero attached hydrogens (tertiary/aromatic N) is 2. The lowest BCUT2D eigenvalue weighted by Crippen LogP contribution is -2.19. The third-order valence-corrected chi connectivity index (χ3v) is 3.08. The Balaban J connectivity index is 4.16. The summed E-state index contributed by atoms with van der Waals surface area (Å²) >= 11 is 6.48. The van der Waals surface area contributed by atoms with Gasteiger partial charge in [0, 0.05) is 0 Å². The van der Waals surface area contributed by atoms with Crippen molar-refractivity contribution in [2.75, 3.05) is 0 Å². The number of rotatable bonds is 2. The number of hydrogen-bond acceptors (Lipinski definition) is 2. The van der Waals surface area contributed by atoms with Crippen LogP contribution in [0.15, 0.2) is 0 Å². The molecule has 0 aromatic carbocycles. The normalized spacial score (nSPS) is 13.3. The highest BCUT2D eigenvalue weighted by atomic mass is 79.9.